The van der Waals surface area contributed by atoms with Gasteiger partial charge in [-0.05, 0) is 64.2 Å². The number of fused-ring (bicyclic) bond motifs is 7. The third kappa shape index (κ3) is 5.33. The number of rotatable bonds is 6. The highest BCUT2D eigenvalue weighted by Gasteiger charge is 2.24. The van der Waals surface area contributed by atoms with E-state index in [9.17, 15) is 5.26 Å². The van der Waals surface area contributed by atoms with E-state index in [0.29, 0.717) is 11.3 Å². The van der Waals surface area contributed by atoms with E-state index in [2.05, 4.69) is 173 Å². The average Bonchev–Trinajstić information content (AvgIpc) is 3.83. The lowest BCUT2D eigenvalue weighted by Gasteiger charge is -2.16. The molecule has 0 atom stereocenters. The van der Waals surface area contributed by atoms with Crippen molar-refractivity contribution >= 4 is 43.6 Å². The molecule has 3 heterocycles. The van der Waals surface area contributed by atoms with Crippen LogP contribution in [0.5, 0.6) is 0 Å². The number of benzene rings is 8. The molecule has 0 aliphatic heterocycles. The summed E-state index contributed by atoms with van der Waals surface area (Å²) in [6.45, 7) is 0. The first-order valence-electron chi connectivity index (χ1n) is 19.5. The molecular formula is C54H34N4. The van der Waals surface area contributed by atoms with Gasteiger partial charge in [-0.1, -0.05) is 170 Å². The van der Waals surface area contributed by atoms with Gasteiger partial charge in [-0.15, -0.1) is 0 Å². The van der Waals surface area contributed by atoms with Crippen molar-refractivity contribution in [2.45, 2.75) is 0 Å². The Hall–Kier alpha value is -8.00. The monoisotopic (exact) mass is 738 g/mol. The molecule has 0 unspecified atom stereocenters. The summed E-state index contributed by atoms with van der Waals surface area (Å²) < 4.78 is 4.74. The van der Waals surface area contributed by atoms with Gasteiger partial charge >= 0.3 is 0 Å². The van der Waals surface area contributed by atoms with Crippen LogP contribution in [0.2, 0.25) is 0 Å². The van der Waals surface area contributed by atoms with Crippen molar-refractivity contribution in [3.05, 3.63) is 212 Å². The van der Waals surface area contributed by atoms with Crippen LogP contribution < -0.4 is 0 Å². The Morgan fingerprint density at radius 3 is 1.50 bits per heavy atom. The molecule has 0 spiro atoms. The molecule has 0 bridgehead atoms. The van der Waals surface area contributed by atoms with Crippen LogP contribution in [-0.2, 0) is 0 Å². The average molecular weight is 739 g/mol. The molecule has 0 amide bonds. The standard InChI is InChI=1S/C54H34N4/c55-35-48-47(37-18-6-2-7-19-37)34-51(56-52(48)38-20-8-3-9-21-38)58-50-29-13-11-27-44(50)46-31-30-45-43-26-10-12-28-49(43)57(53(45)54(46)58)42-25-15-24-41(33-42)40-23-14-22-39(32-40)36-16-4-1-5-17-36/h1-34H. The van der Waals surface area contributed by atoms with Crippen molar-refractivity contribution in [3.8, 4) is 62.2 Å². The van der Waals surface area contributed by atoms with Crippen molar-refractivity contribution in [3.63, 3.8) is 0 Å². The number of nitriles is 1. The van der Waals surface area contributed by atoms with Crippen LogP contribution in [0.1, 0.15) is 5.56 Å². The summed E-state index contributed by atoms with van der Waals surface area (Å²) in [5, 5.41) is 15.3. The van der Waals surface area contributed by atoms with E-state index in [4.69, 9.17) is 4.98 Å². The van der Waals surface area contributed by atoms with Crippen LogP contribution in [0.25, 0.3) is 99.8 Å². The first kappa shape index (κ1) is 33.3. The zero-order chi connectivity index (χ0) is 38.6. The molecule has 270 valence electrons. The Morgan fingerprint density at radius 2 is 0.862 bits per heavy atom. The van der Waals surface area contributed by atoms with Gasteiger partial charge in [0.2, 0.25) is 0 Å². The van der Waals surface area contributed by atoms with Crippen LogP contribution in [0.4, 0.5) is 0 Å². The van der Waals surface area contributed by atoms with E-state index in [1.54, 1.807) is 0 Å². The zero-order valence-corrected chi connectivity index (χ0v) is 31.4. The van der Waals surface area contributed by atoms with Crippen LogP contribution in [0, 0.1) is 11.3 Å². The highest BCUT2D eigenvalue weighted by atomic mass is 15.1. The predicted molar refractivity (Wildman–Crippen MR) is 239 cm³/mol. The van der Waals surface area contributed by atoms with Crippen LogP contribution in [-0.4, -0.2) is 14.1 Å². The topological polar surface area (TPSA) is 46.5 Å². The number of para-hydroxylation sites is 2. The predicted octanol–water partition coefficient (Wildman–Crippen LogP) is 13.8. The SMILES string of the molecule is N#Cc1c(-c2ccccc2)cc(-n2c3ccccc3c3ccc4c5ccccc5n(-c5cccc(-c6cccc(-c7ccccc7)c6)c5)c4c32)nc1-c1ccccc1. The molecule has 11 aromatic rings. The summed E-state index contributed by atoms with van der Waals surface area (Å²) >= 11 is 0. The summed E-state index contributed by atoms with van der Waals surface area (Å²) in [6.07, 6.45) is 0. The molecule has 3 aromatic heterocycles. The Labute approximate surface area is 335 Å². The second-order valence-electron chi connectivity index (χ2n) is 14.7. The third-order valence-electron chi connectivity index (χ3n) is 11.4. The van der Waals surface area contributed by atoms with Gasteiger partial charge in [0, 0.05) is 38.4 Å². The normalized spacial score (nSPS) is 11.4. The van der Waals surface area contributed by atoms with Gasteiger partial charge in [0.25, 0.3) is 0 Å². The fourth-order valence-electron chi connectivity index (χ4n) is 8.75. The summed E-state index contributed by atoms with van der Waals surface area (Å²) in [5.74, 6) is 0.749. The molecule has 0 aliphatic carbocycles. The maximum absolute atomic E-state index is 10.7. The Balaban J connectivity index is 1.24. The third-order valence-corrected chi connectivity index (χ3v) is 11.4. The lowest BCUT2D eigenvalue weighted by Crippen LogP contribution is -2.04. The van der Waals surface area contributed by atoms with Crippen molar-refractivity contribution in [1.82, 2.24) is 14.1 Å². The van der Waals surface area contributed by atoms with Gasteiger partial charge in [0.15, 0.2) is 0 Å². The molecule has 11 rings (SSSR count). The van der Waals surface area contributed by atoms with E-state index in [-0.39, 0.29) is 0 Å². The highest BCUT2D eigenvalue weighted by Crippen LogP contribution is 2.43. The molecule has 58 heavy (non-hydrogen) atoms. The largest absolute Gasteiger partial charge is 0.307 e. The first-order chi connectivity index (χ1) is 28.7. The van der Waals surface area contributed by atoms with Gasteiger partial charge in [0.05, 0.1) is 33.3 Å². The van der Waals surface area contributed by atoms with Crippen molar-refractivity contribution in [2.24, 2.45) is 0 Å². The minimum atomic E-state index is 0.550. The number of hydrogen-bond acceptors (Lipinski definition) is 2. The van der Waals surface area contributed by atoms with Crippen molar-refractivity contribution < 1.29 is 0 Å². The van der Waals surface area contributed by atoms with E-state index in [1.807, 2.05) is 48.5 Å². The van der Waals surface area contributed by atoms with Crippen molar-refractivity contribution in [1.29, 1.82) is 5.26 Å². The zero-order valence-electron chi connectivity index (χ0n) is 31.4. The molecule has 4 nitrogen and oxygen atoms in total. The van der Waals surface area contributed by atoms with E-state index in [0.717, 1.165) is 77.5 Å². The summed E-state index contributed by atoms with van der Waals surface area (Å²) in [6, 6.07) is 74.9. The molecule has 0 saturated carbocycles. The molecular weight excluding hydrogens is 705 g/mol. The van der Waals surface area contributed by atoms with Gasteiger partial charge in [-0.3, -0.25) is 4.57 Å². The highest BCUT2D eigenvalue weighted by molar-refractivity contribution is 6.23. The fourth-order valence-corrected chi connectivity index (χ4v) is 8.75. The van der Waals surface area contributed by atoms with Gasteiger partial charge in [0.1, 0.15) is 11.9 Å². The smallest absolute Gasteiger partial charge is 0.139 e. The van der Waals surface area contributed by atoms with E-state index >= 15 is 0 Å². The van der Waals surface area contributed by atoms with E-state index in [1.165, 1.54) is 16.5 Å². The van der Waals surface area contributed by atoms with Gasteiger partial charge < -0.3 is 4.57 Å². The summed E-state index contributed by atoms with van der Waals surface area (Å²) in [4.78, 5) is 5.42. The molecule has 0 saturated heterocycles. The second-order valence-corrected chi connectivity index (χ2v) is 14.7. The first-order valence-corrected chi connectivity index (χ1v) is 19.5. The molecule has 4 heteroatoms. The van der Waals surface area contributed by atoms with Crippen LogP contribution in [0.15, 0.2) is 206 Å². The molecule has 0 aliphatic rings. The Morgan fingerprint density at radius 1 is 0.379 bits per heavy atom. The molecule has 0 radical (unpaired) electrons. The summed E-state index contributed by atoms with van der Waals surface area (Å²) in [5.41, 5.74) is 14.0. The number of nitrogens with zero attached hydrogens (tertiary/aromatic N) is 4. The maximum atomic E-state index is 10.7. The Bertz CT molecular complexity index is 3330. The van der Waals surface area contributed by atoms with Gasteiger partial charge in [-0.25, -0.2) is 4.98 Å². The lowest BCUT2D eigenvalue weighted by atomic mass is 9.96. The van der Waals surface area contributed by atoms with Crippen LogP contribution in [0.3, 0.4) is 0 Å². The quantitative estimate of drug-likeness (QED) is 0.170. The molecule has 0 fully saturated rings. The Kier molecular flexibility index (Phi) is 7.84. The lowest BCUT2D eigenvalue weighted by molar-refractivity contribution is 1.08. The van der Waals surface area contributed by atoms with Crippen molar-refractivity contribution in [2.75, 3.05) is 0 Å². The van der Waals surface area contributed by atoms with E-state index < -0.39 is 0 Å². The fraction of sp³-hybridized carbons (Fsp3) is 0. The number of aromatic nitrogens is 3. The second kappa shape index (κ2) is 13.6. The number of hydrogen-bond donors (Lipinski definition) is 0. The minimum Gasteiger partial charge on any atom is -0.307 e. The number of pyridine rings is 1. The maximum Gasteiger partial charge on any atom is 0.139 e. The van der Waals surface area contributed by atoms with Gasteiger partial charge in [-0.2, -0.15) is 5.26 Å². The molecule has 0 N–H and O–H groups in total. The summed E-state index contributed by atoms with van der Waals surface area (Å²) in [7, 11) is 0. The minimum absolute atomic E-state index is 0.550. The van der Waals surface area contributed by atoms with Crippen LogP contribution >= 0.6 is 0 Å². The molecule has 8 aromatic carbocycles.